The van der Waals surface area contributed by atoms with Gasteiger partial charge in [0, 0.05) is 5.56 Å². The number of hydrogen-bond acceptors (Lipinski definition) is 3. The zero-order valence-corrected chi connectivity index (χ0v) is 11.0. The molecule has 0 fully saturated rings. The van der Waals surface area contributed by atoms with Crippen molar-refractivity contribution in [2.45, 2.75) is 6.61 Å². The average Bonchev–Trinajstić information content (AvgIpc) is 2.42. The molecule has 0 aliphatic heterocycles. The highest BCUT2D eigenvalue weighted by atomic mass is 35.5. The number of halogens is 3. The number of anilines is 1. The summed E-state index contributed by atoms with van der Waals surface area (Å²) in [5.74, 6) is -1.95. The van der Waals surface area contributed by atoms with Crippen molar-refractivity contribution in [1.29, 1.82) is 0 Å². The molecule has 0 saturated heterocycles. The minimum Gasteiger partial charge on any atom is -0.457 e. The number of hydrogen-bond donors (Lipinski definition) is 1. The zero-order valence-electron chi connectivity index (χ0n) is 10.2. The molecule has 20 heavy (non-hydrogen) atoms. The zero-order chi connectivity index (χ0) is 14.7. The van der Waals surface area contributed by atoms with Gasteiger partial charge in [0.05, 0.1) is 16.3 Å². The van der Waals surface area contributed by atoms with Gasteiger partial charge in [-0.25, -0.2) is 13.6 Å². The first kappa shape index (κ1) is 14.3. The Morgan fingerprint density at radius 2 is 1.95 bits per heavy atom. The number of nitrogens with two attached hydrogens (primary N) is 1. The van der Waals surface area contributed by atoms with Gasteiger partial charge in [-0.3, -0.25) is 0 Å². The lowest BCUT2D eigenvalue weighted by Crippen LogP contribution is -2.07. The van der Waals surface area contributed by atoms with Crippen LogP contribution in [0.2, 0.25) is 5.02 Å². The maximum atomic E-state index is 13.3. The van der Waals surface area contributed by atoms with Crippen LogP contribution in [0, 0.1) is 11.6 Å². The fourth-order valence-electron chi connectivity index (χ4n) is 1.53. The topological polar surface area (TPSA) is 52.3 Å². The Labute approximate surface area is 118 Å². The first-order chi connectivity index (χ1) is 9.47. The molecule has 0 saturated carbocycles. The molecule has 0 atom stereocenters. The van der Waals surface area contributed by atoms with Gasteiger partial charge in [-0.1, -0.05) is 11.6 Å². The fraction of sp³-hybridized carbons (Fsp3) is 0.0714. The van der Waals surface area contributed by atoms with Gasteiger partial charge in [0.15, 0.2) is 0 Å². The molecule has 0 heterocycles. The van der Waals surface area contributed by atoms with Gasteiger partial charge in [-0.2, -0.15) is 0 Å². The standard InChI is InChI=1S/C14H10ClF2NO2/c15-11-6-8(1-4-13(11)18)14(19)20-7-9-5-10(16)2-3-12(9)17/h1-6H,7,18H2. The van der Waals surface area contributed by atoms with E-state index in [9.17, 15) is 13.6 Å². The van der Waals surface area contributed by atoms with Gasteiger partial charge in [-0.05, 0) is 36.4 Å². The molecule has 2 aromatic carbocycles. The number of rotatable bonds is 3. The van der Waals surface area contributed by atoms with Crippen LogP contribution in [0.5, 0.6) is 0 Å². The normalized spacial score (nSPS) is 10.3. The smallest absolute Gasteiger partial charge is 0.338 e. The van der Waals surface area contributed by atoms with Crippen LogP contribution in [-0.4, -0.2) is 5.97 Å². The van der Waals surface area contributed by atoms with Crippen molar-refractivity contribution in [1.82, 2.24) is 0 Å². The summed E-state index contributed by atoms with van der Waals surface area (Å²) >= 11 is 5.78. The third kappa shape index (κ3) is 3.24. The molecule has 2 rings (SSSR count). The quantitative estimate of drug-likeness (QED) is 0.696. The minimum atomic E-state index is -0.699. The van der Waals surface area contributed by atoms with Crippen LogP contribution in [0.15, 0.2) is 36.4 Å². The lowest BCUT2D eigenvalue weighted by molar-refractivity contribution is 0.0468. The summed E-state index contributed by atoms with van der Waals surface area (Å²) in [4.78, 5) is 11.7. The van der Waals surface area contributed by atoms with Crippen molar-refractivity contribution in [3.63, 3.8) is 0 Å². The summed E-state index contributed by atoms with van der Waals surface area (Å²) in [5, 5.41) is 0.219. The van der Waals surface area contributed by atoms with Gasteiger partial charge in [0.25, 0.3) is 0 Å². The number of nitrogen functional groups attached to an aromatic ring is 1. The lowest BCUT2D eigenvalue weighted by atomic mass is 10.2. The second-order valence-corrected chi connectivity index (χ2v) is 4.46. The number of benzene rings is 2. The number of ether oxygens (including phenoxy) is 1. The van der Waals surface area contributed by atoms with Gasteiger partial charge >= 0.3 is 5.97 Å². The molecule has 3 nitrogen and oxygen atoms in total. The van der Waals surface area contributed by atoms with Gasteiger partial charge in [0.2, 0.25) is 0 Å². The lowest BCUT2D eigenvalue weighted by Gasteiger charge is -2.07. The Balaban J connectivity index is 2.08. The molecule has 0 aliphatic rings. The molecule has 0 aromatic heterocycles. The Kier molecular flexibility index (Phi) is 4.20. The van der Waals surface area contributed by atoms with E-state index >= 15 is 0 Å². The van der Waals surface area contributed by atoms with Crippen molar-refractivity contribution in [2.75, 3.05) is 5.73 Å². The Morgan fingerprint density at radius 3 is 2.65 bits per heavy atom. The Bertz CT molecular complexity index is 662. The molecule has 2 aromatic rings. The maximum absolute atomic E-state index is 13.3. The van der Waals surface area contributed by atoms with E-state index < -0.39 is 17.6 Å². The molecule has 0 bridgehead atoms. The largest absolute Gasteiger partial charge is 0.457 e. The van der Waals surface area contributed by atoms with Gasteiger partial charge < -0.3 is 10.5 Å². The molecule has 0 aliphatic carbocycles. The van der Waals surface area contributed by atoms with E-state index in [1.165, 1.54) is 18.2 Å². The first-order valence-electron chi connectivity index (χ1n) is 5.63. The molecule has 2 N–H and O–H groups in total. The third-order valence-electron chi connectivity index (χ3n) is 2.60. The van der Waals surface area contributed by atoms with Crippen LogP contribution in [0.4, 0.5) is 14.5 Å². The highest BCUT2D eigenvalue weighted by Crippen LogP contribution is 2.20. The molecule has 6 heteroatoms. The minimum absolute atomic E-state index is 0.0418. The molecule has 0 radical (unpaired) electrons. The monoisotopic (exact) mass is 297 g/mol. The summed E-state index contributed by atoms with van der Waals surface area (Å²) < 4.78 is 31.2. The predicted octanol–water partition coefficient (Wildman–Crippen LogP) is 3.56. The second kappa shape index (κ2) is 5.88. The van der Waals surface area contributed by atoms with Gasteiger partial charge in [0.1, 0.15) is 18.2 Å². The maximum Gasteiger partial charge on any atom is 0.338 e. The predicted molar refractivity (Wildman–Crippen MR) is 71.3 cm³/mol. The average molecular weight is 298 g/mol. The van der Waals surface area contributed by atoms with E-state index in [4.69, 9.17) is 22.1 Å². The van der Waals surface area contributed by atoms with Gasteiger partial charge in [-0.15, -0.1) is 0 Å². The molecular formula is C14H10ClF2NO2. The van der Waals surface area contributed by atoms with Crippen molar-refractivity contribution in [3.05, 3.63) is 64.2 Å². The van der Waals surface area contributed by atoms with E-state index in [2.05, 4.69) is 0 Å². The van der Waals surface area contributed by atoms with Crippen LogP contribution >= 0.6 is 11.6 Å². The fourth-order valence-corrected chi connectivity index (χ4v) is 1.72. The van der Waals surface area contributed by atoms with Crippen LogP contribution in [-0.2, 0) is 11.3 Å². The van der Waals surface area contributed by atoms with Crippen molar-refractivity contribution < 1.29 is 18.3 Å². The second-order valence-electron chi connectivity index (χ2n) is 4.05. The Morgan fingerprint density at radius 1 is 1.20 bits per heavy atom. The highest BCUT2D eigenvalue weighted by molar-refractivity contribution is 6.33. The van der Waals surface area contributed by atoms with Crippen LogP contribution < -0.4 is 5.73 Å². The van der Waals surface area contributed by atoms with Crippen molar-refractivity contribution in [3.8, 4) is 0 Å². The SMILES string of the molecule is Nc1ccc(C(=O)OCc2cc(F)ccc2F)cc1Cl. The van der Waals surface area contributed by atoms with Crippen molar-refractivity contribution >= 4 is 23.3 Å². The summed E-state index contributed by atoms with van der Waals surface area (Å²) in [6, 6.07) is 7.17. The molecular weight excluding hydrogens is 288 g/mol. The summed E-state index contributed by atoms with van der Waals surface area (Å²) in [5.41, 5.74) is 5.99. The summed E-state index contributed by atoms with van der Waals surface area (Å²) in [6.07, 6.45) is 0. The van der Waals surface area contributed by atoms with E-state index in [1.54, 1.807) is 0 Å². The first-order valence-corrected chi connectivity index (χ1v) is 6.01. The third-order valence-corrected chi connectivity index (χ3v) is 2.93. The Hall–Kier alpha value is -2.14. The van der Waals surface area contributed by atoms with Crippen LogP contribution in [0.25, 0.3) is 0 Å². The van der Waals surface area contributed by atoms with E-state index in [-0.39, 0.29) is 22.8 Å². The van der Waals surface area contributed by atoms with E-state index in [0.29, 0.717) is 5.69 Å². The van der Waals surface area contributed by atoms with Crippen LogP contribution in [0.1, 0.15) is 15.9 Å². The number of carbonyl (C=O) groups is 1. The summed E-state index contributed by atoms with van der Waals surface area (Å²) in [7, 11) is 0. The molecule has 0 spiro atoms. The number of esters is 1. The molecule has 104 valence electrons. The molecule has 0 unspecified atom stereocenters. The van der Waals surface area contributed by atoms with Crippen molar-refractivity contribution in [2.24, 2.45) is 0 Å². The van der Waals surface area contributed by atoms with E-state index in [0.717, 1.165) is 18.2 Å². The van der Waals surface area contributed by atoms with Crippen LogP contribution in [0.3, 0.4) is 0 Å². The molecule has 0 amide bonds. The highest BCUT2D eigenvalue weighted by Gasteiger charge is 2.11. The summed E-state index contributed by atoms with van der Waals surface area (Å²) in [6.45, 7) is -0.371. The van der Waals surface area contributed by atoms with E-state index in [1.807, 2.05) is 0 Å². The number of carbonyl (C=O) groups excluding carboxylic acids is 1.